The highest BCUT2D eigenvalue weighted by atomic mass is 32.1. The van der Waals surface area contributed by atoms with Crippen molar-refractivity contribution in [1.29, 1.82) is 0 Å². The molecule has 0 bridgehead atoms. The number of carbonyl (C=O) groups is 2. The number of amides is 1. The van der Waals surface area contributed by atoms with E-state index in [4.69, 9.17) is 5.11 Å². The van der Waals surface area contributed by atoms with E-state index in [1.807, 2.05) is 19.1 Å². The number of carboxylic acid groups (broad SMARTS) is 1. The predicted molar refractivity (Wildman–Crippen MR) is 74.7 cm³/mol. The zero-order chi connectivity index (χ0) is 13.8. The molecule has 1 atom stereocenters. The van der Waals surface area contributed by atoms with Gasteiger partial charge >= 0.3 is 5.97 Å². The second kappa shape index (κ2) is 6.02. The number of thiophene rings is 1. The van der Waals surface area contributed by atoms with E-state index in [2.05, 4.69) is 5.32 Å². The van der Waals surface area contributed by atoms with E-state index in [0.717, 1.165) is 28.7 Å². The molecule has 0 aromatic carbocycles. The van der Waals surface area contributed by atoms with Crippen molar-refractivity contribution in [2.75, 3.05) is 0 Å². The molecule has 1 saturated carbocycles. The molecule has 2 N–H and O–H groups in total. The highest BCUT2D eigenvalue weighted by Gasteiger charge is 2.32. The number of aliphatic carboxylic acids is 1. The first-order chi connectivity index (χ1) is 9.06. The summed E-state index contributed by atoms with van der Waals surface area (Å²) in [4.78, 5) is 24.1. The Morgan fingerprint density at radius 2 is 2.26 bits per heavy atom. The fraction of sp³-hybridized carbons (Fsp3) is 0.429. The minimum Gasteiger partial charge on any atom is -0.478 e. The van der Waals surface area contributed by atoms with Crippen LogP contribution in [0.1, 0.15) is 29.5 Å². The van der Waals surface area contributed by atoms with E-state index in [-0.39, 0.29) is 11.8 Å². The monoisotopic (exact) mass is 279 g/mol. The van der Waals surface area contributed by atoms with Crippen LogP contribution in [0.5, 0.6) is 0 Å². The van der Waals surface area contributed by atoms with E-state index in [0.29, 0.717) is 12.5 Å². The van der Waals surface area contributed by atoms with Crippen LogP contribution in [-0.2, 0) is 16.1 Å². The van der Waals surface area contributed by atoms with Crippen molar-refractivity contribution in [3.63, 3.8) is 0 Å². The molecule has 5 heteroatoms. The summed E-state index contributed by atoms with van der Waals surface area (Å²) in [7, 11) is 0. The van der Waals surface area contributed by atoms with Gasteiger partial charge in [0.2, 0.25) is 5.91 Å². The molecule has 0 radical (unpaired) electrons. The summed E-state index contributed by atoms with van der Waals surface area (Å²) < 4.78 is 0. The molecule has 0 aliphatic heterocycles. The quantitative estimate of drug-likeness (QED) is 0.786. The van der Waals surface area contributed by atoms with Crippen molar-refractivity contribution >= 4 is 29.3 Å². The Morgan fingerprint density at radius 1 is 1.53 bits per heavy atom. The Kier molecular flexibility index (Phi) is 4.37. The molecule has 1 unspecified atom stereocenters. The third kappa shape index (κ3) is 4.21. The van der Waals surface area contributed by atoms with Crippen molar-refractivity contribution in [1.82, 2.24) is 5.32 Å². The molecule has 0 spiro atoms. The van der Waals surface area contributed by atoms with Gasteiger partial charge < -0.3 is 10.4 Å². The average molecular weight is 279 g/mol. The summed E-state index contributed by atoms with van der Waals surface area (Å²) in [5.41, 5.74) is 0. The smallest absolute Gasteiger partial charge is 0.328 e. The van der Waals surface area contributed by atoms with Gasteiger partial charge in [-0.15, -0.1) is 11.3 Å². The zero-order valence-electron chi connectivity index (χ0n) is 10.8. The first-order valence-electron chi connectivity index (χ1n) is 6.33. The molecule has 1 aliphatic carbocycles. The second-order valence-corrected chi connectivity index (χ2v) is 6.02. The number of hydrogen-bond donors (Lipinski definition) is 2. The summed E-state index contributed by atoms with van der Waals surface area (Å²) >= 11 is 1.49. The third-order valence-corrected chi connectivity index (χ3v) is 4.30. The SMILES string of the molecule is CC(C(=O)NCc1ccc(/C=C/C(=O)O)s1)C1CC1. The van der Waals surface area contributed by atoms with Crippen LogP contribution >= 0.6 is 11.3 Å². The van der Waals surface area contributed by atoms with Crippen LogP contribution in [-0.4, -0.2) is 17.0 Å². The van der Waals surface area contributed by atoms with E-state index in [1.54, 1.807) is 6.08 Å². The highest BCUT2D eigenvalue weighted by Crippen LogP contribution is 2.36. The Labute approximate surface area is 116 Å². The molecule has 102 valence electrons. The Morgan fingerprint density at radius 3 is 2.89 bits per heavy atom. The molecule has 0 saturated heterocycles. The maximum absolute atomic E-state index is 11.8. The fourth-order valence-electron chi connectivity index (χ4n) is 1.88. The molecule has 1 aromatic heterocycles. The largest absolute Gasteiger partial charge is 0.478 e. The van der Waals surface area contributed by atoms with Crippen LogP contribution in [0.4, 0.5) is 0 Å². The van der Waals surface area contributed by atoms with Crippen LogP contribution in [0.15, 0.2) is 18.2 Å². The molecule has 19 heavy (non-hydrogen) atoms. The topological polar surface area (TPSA) is 66.4 Å². The van der Waals surface area contributed by atoms with Crippen molar-refractivity contribution in [3.05, 3.63) is 28.0 Å². The van der Waals surface area contributed by atoms with Crippen molar-refractivity contribution in [3.8, 4) is 0 Å². The molecule has 1 heterocycles. The van der Waals surface area contributed by atoms with Crippen molar-refractivity contribution in [2.24, 2.45) is 11.8 Å². The minimum absolute atomic E-state index is 0.103. The maximum atomic E-state index is 11.8. The van der Waals surface area contributed by atoms with Crippen LogP contribution in [0, 0.1) is 11.8 Å². The molecular formula is C14H17NO3S. The molecule has 1 fully saturated rings. The molecule has 1 aromatic rings. The van der Waals surface area contributed by atoms with Gasteiger partial charge in [0.05, 0.1) is 6.54 Å². The van der Waals surface area contributed by atoms with Gasteiger partial charge in [0.15, 0.2) is 0 Å². The summed E-state index contributed by atoms with van der Waals surface area (Å²) in [5.74, 6) is -0.177. The van der Waals surface area contributed by atoms with Gasteiger partial charge in [0.25, 0.3) is 0 Å². The van der Waals surface area contributed by atoms with Gasteiger partial charge in [0, 0.05) is 21.7 Å². The maximum Gasteiger partial charge on any atom is 0.328 e. The number of rotatable bonds is 6. The third-order valence-electron chi connectivity index (χ3n) is 3.25. The fourth-order valence-corrected chi connectivity index (χ4v) is 2.73. The number of nitrogens with one attached hydrogen (secondary N) is 1. The summed E-state index contributed by atoms with van der Waals surface area (Å²) in [6.45, 7) is 2.49. The average Bonchev–Trinajstić information content (AvgIpc) is 3.12. The number of carbonyl (C=O) groups excluding carboxylic acids is 1. The van der Waals surface area contributed by atoms with Gasteiger partial charge in [-0.25, -0.2) is 4.79 Å². The van der Waals surface area contributed by atoms with Gasteiger partial charge in [-0.1, -0.05) is 6.92 Å². The lowest BCUT2D eigenvalue weighted by molar-refractivity contribution is -0.131. The van der Waals surface area contributed by atoms with E-state index < -0.39 is 5.97 Å². The van der Waals surface area contributed by atoms with Gasteiger partial charge in [-0.3, -0.25) is 4.79 Å². The van der Waals surface area contributed by atoms with E-state index >= 15 is 0 Å². The van der Waals surface area contributed by atoms with Crippen molar-refractivity contribution < 1.29 is 14.7 Å². The second-order valence-electron chi connectivity index (χ2n) is 4.82. The van der Waals surface area contributed by atoms with Gasteiger partial charge in [0.1, 0.15) is 0 Å². The van der Waals surface area contributed by atoms with E-state index in [1.165, 1.54) is 11.3 Å². The molecular weight excluding hydrogens is 262 g/mol. The summed E-state index contributed by atoms with van der Waals surface area (Å²) in [6.07, 6.45) is 5.00. The normalized spacial score (nSPS) is 16.5. The molecule has 4 nitrogen and oxygen atoms in total. The Balaban J connectivity index is 1.82. The predicted octanol–water partition coefficient (Wildman–Crippen LogP) is 2.51. The lowest BCUT2D eigenvalue weighted by Gasteiger charge is -2.09. The van der Waals surface area contributed by atoms with Gasteiger partial charge in [-0.2, -0.15) is 0 Å². The first-order valence-corrected chi connectivity index (χ1v) is 7.15. The highest BCUT2D eigenvalue weighted by molar-refractivity contribution is 7.12. The summed E-state index contributed by atoms with van der Waals surface area (Å²) in [6, 6.07) is 3.77. The molecule has 2 rings (SSSR count). The Hall–Kier alpha value is -1.62. The standard InChI is InChI=1S/C14H17NO3S/c1-9(10-2-3-10)14(18)15-8-12-5-4-11(19-12)6-7-13(16)17/h4-7,9-10H,2-3,8H2,1H3,(H,15,18)(H,16,17)/b7-6+. The number of hydrogen-bond acceptors (Lipinski definition) is 3. The van der Waals surface area contributed by atoms with Crippen LogP contribution in [0.3, 0.4) is 0 Å². The Bertz CT molecular complexity index is 503. The van der Waals surface area contributed by atoms with Crippen LogP contribution < -0.4 is 5.32 Å². The molecule has 1 amide bonds. The van der Waals surface area contributed by atoms with Crippen LogP contribution in [0.2, 0.25) is 0 Å². The molecule has 1 aliphatic rings. The van der Waals surface area contributed by atoms with Gasteiger partial charge in [-0.05, 0) is 37.0 Å². The first kappa shape index (κ1) is 13.8. The van der Waals surface area contributed by atoms with Crippen LogP contribution in [0.25, 0.3) is 6.08 Å². The van der Waals surface area contributed by atoms with E-state index in [9.17, 15) is 9.59 Å². The minimum atomic E-state index is -0.957. The summed E-state index contributed by atoms with van der Waals surface area (Å²) in [5, 5.41) is 11.5. The van der Waals surface area contributed by atoms with Crippen molar-refractivity contribution in [2.45, 2.75) is 26.3 Å². The zero-order valence-corrected chi connectivity index (χ0v) is 11.6. The lowest BCUT2D eigenvalue weighted by atomic mass is 10.1. The number of carboxylic acids is 1. The lowest BCUT2D eigenvalue weighted by Crippen LogP contribution is -2.29.